The Morgan fingerprint density at radius 1 is 1.00 bits per heavy atom. The molecule has 124 valence electrons. The molecule has 0 aliphatic carbocycles. The molecule has 0 fully saturated rings. The van der Waals surface area contributed by atoms with Gasteiger partial charge in [-0.25, -0.2) is 0 Å². The fourth-order valence-corrected chi connectivity index (χ4v) is 2.38. The minimum Gasteiger partial charge on any atom is -0.469 e. The van der Waals surface area contributed by atoms with Gasteiger partial charge in [0, 0.05) is 22.1 Å². The van der Waals surface area contributed by atoms with Crippen LogP contribution in [0.3, 0.4) is 0 Å². The van der Waals surface area contributed by atoms with Gasteiger partial charge in [0.2, 0.25) is 0 Å². The molecule has 2 aromatic rings. The molecule has 24 heavy (non-hydrogen) atoms. The molecule has 0 bridgehead atoms. The van der Waals surface area contributed by atoms with E-state index in [0.717, 1.165) is 4.47 Å². The Bertz CT molecular complexity index is 756. The molecule has 2 aromatic carbocycles. The number of benzene rings is 2. The summed E-state index contributed by atoms with van der Waals surface area (Å²) in [4.78, 5) is 36.0. The van der Waals surface area contributed by atoms with Crippen LogP contribution in [0.5, 0.6) is 0 Å². The lowest BCUT2D eigenvalue weighted by atomic mass is 9.98. The Kier molecular flexibility index (Phi) is 6.26. The van der Waals surface area contributed by atoms with E-state index in [9.17, 15) is 14.4 Å². The first-order valence-corrected chi connectivity index (χ1v) is 8.06. The van der Waals surface area contributed by atoms with Gasteiger partial charge in [-0.1, -0.05) is 34.1 Å². The molecule has 0 radical (unpaired) electrons. The van der Waals surface area contributed by atoms with E-state index in [1.165, 1.54) is 7.11 Å². The maximum Gasteiger partial charge on any atom is 0.307 e. The van der Waals surface area contributed by atoms with Crippen molar-refractivity contribution in [3.8, 4) is 0 Å². The number of methoxy groups -OCH3 is 1. The van der Waals surface area contributed by atoms with Crippen LogP contribution in [0, 0.1) is 0 Å². The first-order valence-electron chi connectivity index (χ1n) is 7.27. The van der Waals surface area contributed by atoms with E-state index in [-0.39, 0.29) is 24.3 Å². The highest BCUT2D eigenvalue weighted by Gasteiger charge is 2.18. The van der Waals surface area contributed by atoms with Gasteiger partial charge in [-0.2, -0.15) is 0 Å². The van der Waals surface area contributed by atoms with Crippen LogP contribution in [0.15, 0.2) is 53.0 Å². The number of carbonyl (C=O) groups excluding carboxylic acids is 3. The highest BCUT2D eigenvalue weighted by molar-refractivity contribution is 9.10. The minimum absolute atomic E-state index is 0.0745. The van der Waals surface area contributed by atoms with Crippen LogP contribution in [0.25, 0.3) is 0 Å². The van der Waals surface area contributed by atoms with E-state index in [2.05, 4.69) is 26.0 Å². The lowest BCUT2D eigenvalue weighted by Crippen LogP contribution is -2.28. The van der Waals surface area contributed by atoms with Crippen LogP contribution in [-0.4, -0.2) is 31.3 Å². The van der Waals surface area contributed by atoms with Crippen molar-refractivity contribution in [3.05, 3.63) is 69.7 Å². The third kappa shape index (κ3) is 4.52. The number of carbonyl (C=O) groups is 3. The molecule has 0 aliphatic rings. The number of nitrogens with one attached hydrogen (secondary N) is 1. The minimum atomic E-state index is -0.408. The van der Waals surface area contributed by atoms with Gasteiger partial charge >= 0.3 is 5.97 Å². The number of ketones is 1. The zero-order valence-corrected chi connectivity index (χ0v) is 14.6. The maximum absolute atomic E-state index is 12.6. The molecule has 0 heterocycles. The van der Waals surface area contributed by atoms with Crippen molar-refractivity contribution in [1.82, 2.24) is 5.32 Å². The first kappa shape index (κ1) is 17.9. The second-order valence-electron chi connectivity index (χ2n) is 4.96. The highest BCUT2D eigenvalue weighted by Crippen LogP contribution is 2.17. The number of rotatable bonds is 6. The van der Waals surface area contributed by atoms with Crippen molar-refractivity contribution in [1.29, 1.82) is 0 Å². The molecule has 0 unspecified atom stereocenters. The quantitative estimate of drug-likeness (QED) is 0.608. The second-order valence-corrected chi connectivity index (χ2v) is 5.88. The van der Waals surface area contributed by atoms with Crippen molar-refractivity contribution >= 4 is 33.6 Å². The van der Waals surface area contributed by atoms with Gasteiger partial charge in [-0.3, -0.25) is 14.4 Å². The van der Waals surface area contributed by atoms with Gasteiger partial charge in [0.25, 0.3) is 5.91 Å². The second kappa shape index (κ2) is 8.40. The molecule has 5 nitrogen and oxygen atoms in total. The molecule has 0 saturated heterocycles. The summed E-state index contributed by atoms with van der Waals surface area (Å²) in [6, 6.07) is 13.5. The Hall–Kier alpha value is -2.47. The van der Waals surface area contributed by atoms with Gasteiger partial charge in [-0.05, 0) is 30.3 Å². The molecule has 0 aromatic heterocycles. The summed E-state index contributed by atoms with van der Waals surface area (Å²) < 4.78 is 5.39. The Labute approximate surface area is 148 Å². The standard InChI is InChI=1S/C18H16BrNO4/c1-24-16(21)10-11-20-18(23)15-5-3-2-4-14(15)17(22)12-6-8-13(19)9-7-12/h2-9H,10-11H2,1H3,(H,20,23). The summed E-state index contributed by atoms with van der Waals surface area (Å²) >= 11 is 3.32. The van der Waals surface area contributed by atoms with Crippen molar-refractivity contribution in [2.75, 3.05) is 13.7 Å². The SMILES string of the molecule is COC(=O)CCNC(=O)c1ccccc1C(=O)c1ccc(Br)cc1. The molecule has 1 amide bonds. The van der Waals surface area contributed by atoms with E-state index in [1.807, 2.05) is 0 Å². The zero-order chi connectivity index (χ0) is 17.5. The van der Waals surface area contributed by atoms with E-state index >= 15 is 0 Å². The fourth-order valence-electron chi connectivity index (χ4n) is 2.11. The van der Waals surface area contributed by atoms with Crippen molar-refractivity contribution in [2.45, 2.75) is 6.42 Å². The molecule has 2 rings (SSSR count). The Morgan fingerprint density at radius 3 is 2.25 bits per heavy atom. The number of hydrogen-bond acceptors (Lipinski definition) is 4. The van der Waals surface area contributed by atoms with Gasteiger partial charge in [0.05, 0.1) is 19.1 Å². The summed E-state index contributed by atoms with van der Waals surface area (Å²) in [6.07, 6.45) is 0.0745. The first-order chi connectivity index (χ1) is 11.5. The molecule has 6 heteroatoms. The topological polar surface area (TPSA) is 72.5 Å². The molecule has 0 spiro atoms. The molecule has 0 aliphatic heterocycles. The number of ether oxygens (including phenoxy) is 1. The van der Waals surface area contributed by atoms with E-state index in [0.29, 0.717) is 11.1 Å². The summed E-state index contributed by atoms with van der Waals surface area (Å²) in [5.74, 6) is -1.05. The van der Waals surface area contributed by atoms with Gasteiger partial charge < -0.3 is 10.1 Å². The maximum atomic E-state index is 12.6. The van der Waals surface area contributed by atoms with Crippen LogP contribution in [0.1, 0.15) is 32.7 Å². The average molecular weight is 390 g/mol. The average Bonchev–Trinajstić information content (AvgIpc) is 2.61. The smallest absolute Gasteiger partial charge is 0.307 e. The van der Waals surface area contributed by atoms with E-state index in [4.69, 9.17) is 0 Å². The number of amides is 1. The van der Waals surface area contributed by atoms with Gasteiger partial charge in [0.15, 0.2) is 5.78 Å². The Balaban J connectivity index is 2.17. The van der Waals surface area contributed by atoms with Crippen LogP contribution >= 0.6 is 15.9 Å². The van der Waals surface area contributed by atoms with Gasteiger partial charge in [0.1, 0.15) is 0 Å². The zero-order valence-electron chi connectivity index (χ0n) is 13.0. The fraction of sp³-hybridized carbons (Fsp3) is 0.167. The predicted octanol–water partition coefficient (Wildman–Crippen LogP) is 2.97. The van der Waals surface area contributed by atoms with Crippen molar-refractivity contribution < 1.29 is 19.1 Å². The lowest BCUT2D eigenvalue weighted by Gasteiger charge is -2.09. The molecular formula is C18H16BrNO4. The molecular weight excluding hydrogens is 374 g/mol. The summed E-state index contributed by atoms with van der Waals surface area (Å²) in [7, 11) is 1.29. The normalized spacial score (nSPS) is 10.1. The number of halogens is 1. The molecule has 0 saturated carbocycles. The largest absolute Gasteiger partial charge is 0.469 e. The third-order valence-electron chi connectivity index (χ3n) is 3.37. The highest BCUT2D eigenvalue weighted by atomic mass is 79.9. The van der Waals surface area contributed by atoms with Crippen LogP contribution in [0.2, 0.25) is 0 Å². The number of esters is 1. The summed E-state index contributed by atoms with van der Waals surface area (Å²) in [6.45, 7) is 0.145. The monoisotopic (exact) mass is 389 g/mol. The van der Waals surface area contributed by atoms with Crippen LogP contribution < -0.4 is 5.32 Å². The van der Waals surface area contributed by atoms with E-state index < -0.39 is 11.9 Å². The van der Waals surface area contributed by atoms with E-state index in [1.54, 1.807) is 48.5 Å². The van der Waals surface area contributed by atoms with Crippen molar-refractivity contribution in [3.63, 3.8) is 0 Å². The summed E-state index contributed by atoms with van der Waals surface area (Å²) in [5, 5.41) is 2.62. The van der Waals surface area contributed by atoms with Gasteiger partial charge in [-0.15, -0.1) is 0 Å². The van der Waals surface area contributed by atoms with Crippen LogP contribution in [0.4, 0.5) is 0 Å². The van der Waals surface area contributed by atoms with Crippen molar-refractivity contribution in [2.24, 2.45) is 0 Å². The van der Waals surface area contributed by atoms with Crippen LogP contribution in [-0.2, 0) is 9.53 Å². The number of hydrogen-bond donors (Lipinski definition) is 1. The molecule has 0 atom stereocenters. The lowest BCUT2D eigenvalue weighted by molar-refractivity contribution is -0.140. The predicted molar refractivity (Wildman–Crippen MR) is 93.0 cm³/mol. The summed E-state index contributed by atoms with van der Waals surface area (Å²) in [5.41, 5.74) is 1.08. The Morgan fingerprint density at radius 2 is 1.62 bits per heavy atom. The molecule has 1 N–H and O–H groups in total. The third-order valence-corrected chi connectivity index (χ3v) is 3.89.